The van der Waals surface area contributed by atoms with Crippen LogP contribution in [0, 0.1) is 0 Å². The topological polar surface area (TPSA) is 101 Å². The molecule has 0 saturated heterocycles. The average Bonchev–Trinajstić information content (AvgIpc) is 2.78. The van der Waals surface area contributed by atoms with Crippen molar-refractivity contribution in [2.75, 3.05) is 5.32 Å². The predicted molar refractivity (Wildman–Crippen MR) is 107 cm³/mol. The van der Waals surface area contributed by atoms with Gasteiger partial charge >= 0.3 is 12.1 Å². The summed E-state index contributed by atoms with van der Waals surface area (Å²) in [6.07, 6.45) is -1.72. The standard InChI is InChI=1S/C21H13F4N5O2/c22-8-12-2-4-16(19(31)32)29-18(12)11-1-3-14-15(5-6-26-17(14)7-11)30-20-27-9-13(10-28-20)21(23,24)25/h1-7,9-10H,8H2,(H,31,32)(H,26,27,28,30). The monoisotopic (exact) mass is 443 g/mol. The van der Waals surface area contributed by atoms with E-state index in [1.54, 1.807) is 24.3 Å². The Kier molecular flexibility index (Phi) is 5.39. The Hall–Kier alpha value is -4.15. The van der Waals surface area contributed by atoms with E-state index in [0.717, 1.165) is 0 Å². The van der Waals surface area contributed by atoms with Crippen LogP contribution in [0.3, 0.4) is 0 Å². The van der Waals surface area contributed by atoms with Gasteiger partial charge in [0, 0.05) is 35.1 Å². The molecule has 0 saturated carbocycles. The number of hydrogen-bond donors (Lipinski definition) is 2. The number of rotatable bonds is 5. The van der Waals surface area contributed by atoms with E-state index in [1.807, 2.05) is 0 Å². The summed E-state index contributed by atoms with van der Waals surface area (Å²) in [5.74, 6) is -1.27. The van der Waals surface area contributed by atoms with Gasteiger partial charge in [-0.3, -0.25) is 4.98 Å². The lowest BCUT2D eigenvalue weighted by Gasteiger charge is -2.11. The van der Waals surface area contributed by atoms with Crippen LogP contribution in [0.15, 0.2) is 55.0 Å². The molecule has 162 valence electrons. The second-order valence-corrected chi connectivity index (χ2v) is 6.65. The second-order valence-electron chi connectivity index (χ2n) is 6.65. The van der Waals surface area contributed by atoms with Gasteiger partial charge in [0.05, 0.1) is 22.5 Å². The summed E-state index contributed by atoms with van der Waals surface area (Å²) in [5, 5.41) is 12.6. The molecule has 0 spiro atoms. The van der Waals surface area contributed by atoms with Crippen LogP contribution in [-0.2, 0) is 12.9 Å². The Bertz CT molecular complexity index is 1310. The number of benzene rings is 1. The smallest absolute Gasteiger partial charge is 0.419 e. The van der Waals surface area contributed by atoms with Gasteiger partial charge in [-0.15, -0.1) is 0 Å². The van der Waals surface area contributed by atoms with Crippen molar-refractivity contribution in [3.05, 3.63) is 71.8 Å². The molecule has 0 aliphatic carbocycles. The zero-order chi connectivity index (χ0) is 22.9. The zero-order valence-electron chi connectivity index (χ0n) is 16.1. The molecule has 4 rings (SSSR count). The number of alkyl halides is 4. The summed E-state index contributed by atoms with van der Waals surface area (Å²) < 4.78 is 51.5. The van der Waals surface area contributed by atoms with Crippen LogP contribution < -0.4 is 5.32 Å². The summed E-state index contributed by atoms with van der Waals surface area (Å²) in [7, 11) is 0. The number of aromatic carboxylic acids is 1. The summed E-state index contributed by atoms with van der Waals surface area (Å²) in [5.41, 5.74) is 0.629. The molecule has 0 radical (unpaired) electrons. The van der Waals surface area contributed by atoms with Gasteiger partial charge in [-0.2, -0.15) is 13.2 Å². The van der Waals surface area contributed by atoms with Gasteiger partial charge in [0.1, 0.15) is 12.4 Å². The number of nitrogens with one attached hydrogen (secondary N) is 1. The Morgan fingerprint density at radius 3 is 2.44 bits per heavy atom. The van der Waals surface area contributed by atoms with Gasteiger partial charge in [-0.1, -0.05) is 18.2 Å². The lowest BCUT2D eigenvalue weighted by Crippen LogP contribution is -2.07. The van der Waals surface area contributed by atoms with Gasteiger partial charge < -0.3 is 10.4 Å². The van der Waals surface area contributed by atoms with Gasteiger partial charge in [0.25, 0.3) is 0 Å². The molecule has 0 aliphatic heterocycles. The van der Waals surface area contributed by atoms with Crippen LogP contribution in [0.1, 0.15) is 21.6 Å². The number of carboxylic acids is 1. The number of halogens is 4. The average molecular weight is 443 g/mol. The third kappa shape index (κ3) is 4.17. The normalized spacial score (nSPS) is 11.5. The van der Waals surface area contributed by atoms with Crippen LogP contribution in [0.25, 0.3) is 22.2 Å². The van der Waals surface area contributed by atoms with Crippen LogP contribution in [0.4, 0.5) is 29.2 Å². The Labute approximate surface area is 177 Å². The first-order chi connectivity index (χ1) is 15.3. The van der Waals surface area contributed by atoms with E-state index in [4.69, 9.17) is 0 Å². The summed E-state index contributed by atoms with van der Waals surface area (Å²) >= 11 is 0. The molecule has 11 heteroatoms. The molecule has 3 aromatic heterocycles. The first kappa shape index (κ1) is 21.1. The highest BCUT2D eigenvalue weighted by Crippen LogP contribution is 2.31. The molecule has 0 bridgehead atoms. The van der Waals surface area contributed by atoms with Crippen molar-refractivity contribution in [2.24, 2.45) is 0 Å². The number of fused-ring (bicyclic) bond motifs is 1. The third-order valence-electron chi connectivity index (χ3n) is 4.58. The number of pyridine rings is 2. The summed E-state index contributed by atoms with van der Waals surface area (Å²) in [6, 6.07) is 9.08. The molecule has 4 aromatic rings. The maximum Gasteiger partial charge on any atom is 0.419 e. The minimum Gasteiger partial charge on any atom is -0.477 e. The highest BCUT2D eigenvalue weighted by atomic mass is 19.4. The van der Waals surface area contributed by atoms with Crippen molar-refractivity contribution in [2.45, 2.75) is 12.9 Å². The van der Waals surface area contributed by atoms with Crippen molar-refractivity contribution in [3.8, 4) is 11.3 Å². The molecule has 7 nitrogen and oxygen atoms in total. The van der Waals surface area contributed by atoms with Crippen molar-refractivity contribution < 1.29 is 27.5 Å². The highest BCUT2D eigenvalue weighted by molar-refractivity contribution is 5.95. The number of nitrogens with zero attached hydrogens (tertiary/aromatic N) is 4. The number of carboxylic acid groups (broad SMARTS) is 1. The number of hydrogen-bond acceptors (Lipinski definition) is 6. The van der Waals surface area contributed by atoms with Crippen LogP contribution >= 0.6 is 0 Å². The maximum absolute atomic E-state index is 13.4. The molecule has 3 heterocycles. The maximum atomic E-state index is 13.4. The fourth-order valence-corrected chi connectivity index (χ4v) is 3.03. The predicted octanol–water partition coefficient (Wildman–Crippen LogP) is 5.02. The quantitative estimate of drug-likeness (QED) is 0.418. The van der Waals surface area contributed by atoms with E-state index in [1.165, 1.54) is 18.3 Å². The molecule has 0 unspecified atom stereocenters. The third-order valence-corrected chi connectivity index (χ3v) is 4.58. The summed E-state index contributed by atoms with van der Waals surface area (Å²) in [6.45, 7) is -0.833. The molecule has 32 heavy (non-hydrogen) atoms. The fourth-order valence-electron chi connectivity index (χ4n) is 3.03. The Balaban J connectivity index is 1.71. The van der Waals surface area contributed by atoms with Crippen molar-refractivity contribution in [1.29, 1.82) is 0 Å². The largest absolute Gasteiger partial charge is 0.477 e. The van der Waals surface area contributed by atoms with Gasteiger partial charge in [-0.05, 0) is 18.2 Å². The summed E-state index contributed by atoms with van der Waals surface area (Å²) in [4.78, 5) is 26.9. The first-order valence-corrected chi connectivity index (χ1v) is 9.11. The molecule has 2 N–H and O–H groups in total. The van der Waals surface area contributed by atoms with E-state index in [-0.39, 0.29) is 22.9 Å². The number of carbonyl (C=O) groups is 1. The van der Waals surface area contributed by atoms with Crippen LogP contribution in [0.2, 0.25) is 0 Å². The molecular weight excluding hydrogens is 430 g/mol. The Morgan fingerprint density at radius 2 is 1.78 bits per heavy atom. The van der Waals surface area contributed by atoms with E-state index >= 15 is 0 Å². The van der Waals surface area contributed by atoms with Crippen molar-refractivity contribution >= 4 is 28.5 Å². The van der Waals surface area contributed by atoms with Crippen molar-refractivity contribution in [3.63, 3.8) is 0 Å². The molecule has 0 fully saturated rings. The van der Waals surface area contributed by atoms with Crippen LogP contribution in [-0.4, -0.2) is 31.0 Å². The van der Waals surface area contributed by atoms with Crippen LogP contribution in [0.5, 0.6) is 0 Å². The minimum absolute atomic E-state index is 0.0369. The molecule has 0 amide bonds. The van der Waals surface area contributed by atoms with Gasteiger partial charge in [0.15, 0.2) is 0 Å². The molecule has 0 aliphatic rings. The lowest BCUT2D eigenvalue weighted by molar-refractivity contribution is -0.138. The molecular formula is C21H13F4N5O2. The Morgan fingerprint density at radius 1 is 1.03 bits per heavy atom. The SMILES string of the molecule is O=C(O)c1ccc(CF)c(-c2ccc3c(Nc4ncc(C(F)(F)F)cn4)ccnc3c2)n1. The van der Waals surface area contributed by atoms with Crippen molar-refractivity contribution in [1.82, 2.24) is 19.9 Å². The van der Waals surface area contributed by atoms with E-state index in [0.29, 0.717) is 34.5 Å². The van der Waals surface area contributed by atoms with E-state index in [9.17, 15) is 27.5 Å². The minimum atomic E-state index is -4.54. The zero-order valence-corrected chi connectivity index (χ0v) is 16.1. The number of aromatic nitrogens is 4. The molecule has 1 aromatic carbocycles. The lowest BCUT2D eigenvalue weighted by atomic mass is 10.0. The fraction of sp³-hybridized carbons (Fsp3) is 0.0952. The highest BCUT2D eigenvalue weighted by Gasteiger charge is 2.31. The molecule has 0 atom stereocenters. The van der Waals surface area contributed by atoms with Gasteiger partial charge in [-0.25, -0.2) is 24.1 Å². The van der Waals surface area contributed by atoms with E-state index < -0.39 is 24.4 Å². The first-order valence-electron chi connectivity index (χ1n) is 9.11. The van der Waals surface area contributed by atoms with Gasteiger partial charge in [0.2, 0.25) is 5.95 Å². The van der Waals surface area contributed by atoms with E-state index in [2.05, 4.69) is 25.3 Å². The number of anilines is 2. The second kappa shape index (κ2) is 8.17.